The van der Waals surface area contributed by atoms with Crippen molar-refractivity contribution in [3.8, 4) is 28.3 Å². The summed E-state index contributed by atoms with van der Waals surface area (Å²) in [6, 6.07) is 13.4. The summed E-state index contributed by atoms with van der Waals surface area (Å²) in [5.41, 5.74) is 2.66. The highest BCUT2D eigenvalue weighted by molar-refractivity contribution is 7.90. The average molecular weight is 546 g/mol. The van der Waals surface area contributed by atoms with Crippen LogP contribution in [0.5, 0.6) is 0 Å². The Morgan fingerprint density at radius 2 is 1.92 bits per heavy atom. The molecule has 198 valence electrons. The van der Waals surface area contributed by atoms with Gasteiger partial charge >= 0.3 is 5.97 Å². The van der Waals surface area contributed by atoms with Crippen molar-refractivity contribution < 1.29 is 22.7 Å². The number of fused-ring (bicyclic) bond motifs is 1. The van der Waals surface area contributed by atoms with Crippen molar-refractivity contribution in [1.29, 1.82) is 0 Å². The van der Waals surface area contributed by atoms with Gasteiger partial charge in [0, 0.05) is 41.2 Å². The van der Waals surface area contributed by atoms with E-state index in [2.05, 4.69) is 20.4 Å². The van der Waals surface area contributed by atoms with Crippen molar-refractivity contribution in [2.45, 2.75) is 18.2 Å². The molecule has 0 radical (unpaired) electrons. The van der Waals surface area contributed by atoms with E-state index in [-0.39, 0.29) is 29.1 Å². The van der Waals surface area contributed by atoms with E-state index in [1.807, 2.05) is 25.1 Å². The van der Waals surface area contributed by atoms with Crippen molar-refractivity contribution in [3.05, 3.63) is 83.2 Å². The van der Waals surface area contributed by atoms with E-state index >= 15 is 0 Å². The smallest absolute Gasteiger partial charge is 0.305 e. The molecule has 0 aliphatic rings. The molecule has 3 heterocycles. The lowest BCUT2D eigenvalue weighted by Crippen LogP contribution is -2.25. The Balaban J connectivity index is 1.77. The summed E-state index contributed by atoms with van der Waals surface area (Å²) in [5.74, 6) is -0.434. The molecule has 0 bridgehead atoms. The molecule has 5 rings (SSSR count). The molecule has 39 heavy (non-hydrogen) atoms. The Morgan fingerprint density at radius 1 is 1.13 bits per heavy atom. The number of oxazole rings is 1. The Bertz CT molecular complexity index is 1880. The number of carboxylic acids is 1. The number of benzene rings is 2. The Kier molecular flexibility index (Phi) is 6.71. The molecule has 0 amide bonds. The molecule has 12 heteroatoms. The summed E-state index contributed by atoms with van der Waals surface area (Å²) in [6.07, 6.45) is 5.30. The number of sulfone groups is 1. The topological polar surface area (TPSA) is 157 Å². The van der Waals surface area contributed by atoms with Crippen LogP contribution in [0, 0.1) is 6.92 Å². The van der Waals surface area contributed by atoms with Crippen LogP contribution in [-0.2, 0) is 14.6 Å². The second-order valence-electron chi connectivity index (χ2n) is 8.94. The van der Waals surface area contributed by atoms with E-state index in [9.17, 15) is 18.0 Å². The van der Waals surface area contributed by atoms with Gasteiger partial charge in [0.1, 0.15) is 11.2 Å². The predicted molar refractivity (Wildman–Crippen MR) is 145 cm³/mol. The fourth-order valence-electron chi connectivity index (χ4n) is 4.28. The van der Waals surface area contributed by atoms with Gasteiger partial charge in [-0.05, 0) is 61.0 Å². The number of nitrogens with zero attached hydrogens (tertiary/aromatic N) is 4. The van der Waals surface area contributed by atoms with Crippen LogP contribution in [0.15, 0.2) is 81.4 Å². The molecule has 5 aromatic rings. The van der Waals surface area contributed by atoms with E-state index in [0.29, 0.717) is 28.1 Å². The lowest BCUT2D eigenvalue weighted by molar-refractivity contribution is -0.136. The number of aliphatic carboxylic acids is 1. The van der Waals surface area contributed by atoms with Crippen LogP contribution in [-0.4, -0.2) is 52.0 Å². The highest BCUT2D eigenvalue weighted by Crippen LogP contribution is 2.31. The Labute approximate surface area is 222 Å². The molecule has 0 atom stereocenters. The number of nitrogens with one attached hydrogen (secondary N) is 1. The number of aromatic nitrogens is 4. The van der Waals surface area contributed by atoms with Crippen molar-refractivity contribution in [3.63, 3.8) is 0 Å². The third-order valence-electron chi connectivity index (χ3n) is 5.98. The summed E-state index contributed by atoms with van der Waals surface area (Å²) < 4.78 is 31.9. The monoisotopic (exact) mass is 545 g/mol. The first-order chi connectivity index (χ1) is 18.6. The minimum absolute atomic E-state index is 0.0136. The fraction of sp³-hybridized carbons (Fsp3) is 0.148. The highest BCUT2D eigenvalue weighted by atomic mass is 32.2. The summed E-state index contributed by atoms with van der Waals surface area (Å²) >= 11 is 0. The van der Waals surface area contributed by atoms with Gasteiger partial charge in [0.25, 0.3) is 5.56 Å². The Morgan fingerprint density at radius 3 is 2.64 bits per heavy atom. The fourth-order valence-corrected chi connectivity index (χ4v) is 5.12. The van der Waals surface area contributed by atoms with Crippen molar-refractivity contribution in [2.75, 3.05) is 18.1 Å². The van der Waals surface area contributed by atoms with Gasteiger partial charge in [-0.25, -0.2) is 13.4 Å². The maximum atomic E-state index is 13.6. The molecule has 0 unspecified atom stereocenters. The molecule has 11 nitrogen and oxygen atoms in total. The number of carbonyl (C=O) groups is 1. The molecule has 0 saturated heterocycles. The van der Waals surface area contributed by atoms with Crippen LogP contribution >= 0.6 is 0 Å². The third kappa shape index (κ3) is 5.27. The number of hydrogen-bond donors (Lipinski definition) is 2. The van der Waals surface area contributed by atoms with Gasteiger partial charge in [-0.15, -0.1) is 0 Å². The minimum atomic E-state index is -3.78. The number of pyridine rings is 1. The SMILES string of the molecule is Cc1cc(-c2cnco2)cc(-c2nn(-c3cc(NCCC(=O)O)ccc3S(C)(=O)=O)c(=O)c3ncccc23)c1. The van der Waals surface area contributed by atoms with Crippen LogP contribution in [0.4, 0.5) is 5.69 Å². The standard InChI is InChI=1S/C27H23N5O6S/c1-16-10-17(22-14-28-15-38-22)12-18(11-16)25-20-4-3-8-30-26(20)27(35)32(31-25)21-13-19(29-9-7-24(33)34)5-6-23(21)39(2,36)37/h3-6,8,10-15,29H,7,9H2,1-2H3,(H,33,34). The first-order valence-electron chi connectivity index (χ1n) is 11.8. The van der Waals surface area contributed by atoms with Crippen LogP contribution in [0.3, 0.4) is 0 Å². The van der Waals surface area contributed by atoms with E-state index in [0.717, 1.165) is 22.1 Å². The molecule has 3 aromatic heterocycles. The third-order valence-corrected chi connectivity index (χ3v) is 7.12. The zero-order chi connectivity index (χ0) is 27.7. The quantitative estimate of drug-likeness (QED) is 0.294. The van der Waals surface area contributed by atoms with Gasteiger partial charge in [-0.3, -0.25) is 14.6 Å². The van der Waals surface area contributed by atoms with Gasteiger partial charge in [0.05, 0.1) is 23.2 Å². The van der Waals surface area contributed by atoms with Crippen LogP contribution in [0.1, 0.15) is 12.0 Å². The number of aryl methyl sites for hydroxylation is 1. The molecule has 0 spiro atoms. The molecular formula is C27H23N5O6S. The van der Waals surface area contributed by atoms with E-state index in [1.54, 1.807) is 18.3 Å². The summed E-state index contributed by atoms with van der Waals surface area (Å²) in [7, 11) is -3.78. The van der Waals surface area contributed by atoms with Gasteiger partial charge in [-0.1, -0.05) is 0 Å². The Hall–Kier alpha value is -4.84. The molecule has 2 aromatic carbocycles. The zero-order valence-electron chi connectivity index (χ0n) is 21.0. The van der Waals surface area contributed by atoms with Crippen molar-refractivity contribution in [1.82, 2.24) is 19.7 Å². The summed E-state index contributed by atoms with van der Waals surface area (Å²) in [6.45, 7) is 2.02. The number of hydrogen-bond acceptors (Lipinski definition) is 9. The first kappa shape index (κ1) is 25.8. The number of anilines is 1. The van der Waals surface area contributed by atoms with Crippen molar-refractivity contribution >= 4 is 32.4 Å². The zero-order valence-corrected chi connectivity index (χ0v) is 21.8. The molecule has 2 N–H and O–H groups in total. The maximum absolute atomic E-state index is 13.6. The maximum Gasteiger partial charge on any atom is 0.305 e. The van der Waals surface area contributed by atoms with Gasteiger partial charge < -0.3 is 14.8 Å². The van der Waals surface area contributed by atoms with E-state index < -0.39 is 21.4 Å². The molecular weight excluding hydrogens is 522 g/mol. The first-order valence-corrected chi connectivity index (χ1v) is 13.7. The minimum Gasteiger partial charge on any atom is -0.481 e. The number of rotatable bonds is 8. The largest absolute Gasteiger partial charge is 0.481 e. The lowest BCUT2D eigenvalue weighted by Gasteiger charge is -2.16. The van der Waals surface area contributed by atoms with Crippen molar-refractivity contribution in [2.24, 2.45) is 0 Å². The van der Waals surface area contributed by atoms with Crippen LogP contribution in [0.25, 0.3) is 39.2 Å². The second kappa shape index (κ2) is 10.1. The normalized spacial score (nSPS) is 11.5. The molecule has 0 saturated carbocycles. The second-order valence-corrected chi connectivity index (χ2v) is 10.9. The molecule has 0 aliphatic heterocycles. The summed E-state index contributed by atoms with van der Waals surface area (Å²) in [4.78, 5) is 32.8. The molecule has 0 fully saturated rings. The highest BCUT2D eigenvalue weighted by Gasteiger charge is 2.21. The van der Waals surface area contributed by atoms with Gasteiger partial charge in [0.2, 0.25) is 0 Å². The van der Waals surface area contributed by atoms with Crippen LogP contribution < -0.4 is 10.9 Å². The predicted octanol–water partition coefficient (Wildman–Crippen LogP) is 3.70. The van der Waals surface area contributed by atoms with Gasteiger partial charge in [-0.2, -0.15) is 9.78 Å². The number of carboxylic acid groups (broad SMARTS) is 1. The van der Waals surface area contributed by atoms with E-state index in [1.165, 1.54) is 30.8 Å². The van der Waals surface area contributed by atoms with E-state index in [4.69, 9.17) is 9.52 Å². The van der Waals surface area contributed by atoms with Gasteiger partial charge in [0.15, 0.2) is 22.0 Å². The molecule has 0 aliphatic carbocycles. The van der Waals surface area contributed by atoms with Crippen LogP contribution in [0.2, 0.25) is 0 Å². The average Bonchev–Trinajstić information content (AvgIpc) is 3.43. The lowest BCUT2D eigenvalue weighted by atomic mass is 10.0. The summed E-state index contributed by atoms with van der Waals surface area (Å²) in [5, 5.41) is 17.1.